The fourth-order valence-corrected chi connectivity index (χ4v) is 3.11. The van der Waals surface area contributed by atoms with Crippen molar-refractivity contribution in [2.24, 2.45) is 5.92 Å². The third-order valence-electron chi connectivity index (χ3n) is 4.33. The standard InChI is InChI=1S/C15H17N3O4/c19-13-7-11(15(21)22)8-18(13)12-3-6-17(9-12)14(20)10-1-4-16-5-2-10/h1-2,4-5,11-12H,3,6-9H2,(H,21,22). The number of pyridine rings is 1. The van der Waals surface area contributed by atoms with E-state index in [2.05, 4.69) is 4.98 Å². The molecule has 2 aliphatic rings. The van der Waals surface area contributed by atoms with Crippen molar-refractivity contribution in [1.29, 1.82) is 0 Å². The largest absolute Gasteiger partial charge is 0.481 e. The monoisotopic (exact) mass is 303 g/mol. The molecule has 116 valence electrons. The predicted octanol–water partition coefficient (Wildman–Crippen LogP) is 0.229. The fraction of sp³-hybridized carbons (Fsp3) is 0.467. The van der Waals surface area contributed by atoms with E-state index >= 15 is 0 Å². The molecule has 2 amide bonds. The minimum Gasteiger partial charge on any atom is -0.481 e. The van der Waals surface area contributed by atoms with Crippen molar-refractivity contribution in [2.45, 2.75) is 18.9 Å². The maximum atomic E-state index is 12.4. The molecule has 7 nitrogen and oxygen atoms in total. The lowest BCUT2D eigenvalue weighted by Crippen LogP contribution is -2.40. The zero-order valence-electron chi connectivity index (χ0n) is 12.0. The van der Waals surface area contributed by atoms with Gasteiger partial charge in [-0.2, -0.15) is 0 Å². The van der Waals surface area contributed by atoms with Crippen molar-refractivity contribution in [2.75, 3.05) is 19.6 Å². The van der Waals surface area contributed by atoms with Gasteiger partial charge in [0.05, 0.1) is 12.0 Å². The summed E-state index contributed by atoms with van der Waals surface area (Å²) in [5, 5.41) is 9.03. The second-order valence-corrected chi connectivity index (χ2v) is 5.71. The molecule has 2 unspecified atom stereocenters. The Morgan fingerprint density at radius 3 is 2.59 bits per heavy atom. The summed E-state index contributed by atoms with van der Waals surface area (Å²) < 4.78 is 0. The number of rotatable bonds is 3. The van der Waals surface area contributed by atoms with Gasteiger partial charge in [0, 0.05) is 44.0 Å². The van der Waals surface area contributed by atoms with Gasteiger partial charge in [0.15, 0.2) is 0 Å². The van der Waals surface area contributed by atoms with Crippen LogP contribution < -0.4 is 0 Å². The number of hydrogen-bond acceptors (Lipinski definition) is 4. The Hall–Kier alpha value is -2.44. The second kappa shape index (κ2) is 5.75. The molecule has 1 aromatic heterocycles. The molecule has 1 aromatic rings. The first-order chi connectivity index (χ1) is 10.6. The Bertz CT molecular complexity index is 604. The molecule has 0 radical (unpaired) electrons. The maximum Gasteiger partial charge on any atom is 0.308 e. The van der Waals surface area contributed by atoms with E-state index in [0.717, 1.165) is 0 Å². The molecular formula is C15H17N3O4. The third kappa shape index (κ3) is 2.66. The minimum absolute atomic E-state index is 0.0597. The van der Waals surface area contributed by atoms with E-state index in [1.165, 1.54) is 0 Å². The molecule has 22 heavy (non-hydrogen) atoms. The number of nitrogens with zero attached hydrogens (tertiary/aromatic N) is 3. The van der Waals surface area contributed by atoms with E-state index in [4.69, 9.17) is 5.11 Å². The Labute approximate surface area is 127 Å². The molecule has 2 atom stereocenters. The summed E-state index contributed by atoms with van der Waals surface area (Å²) in [7, 11) is 0. The highest BCUT2D eigenvalue weighted by atomic mass is 16.4. The van der Waals surface area contributed by atoms with Crippen LogP contribution in [0.3, 0.4) is 0 Å². The van der Waals surface area contributed by atoms with Crippen LogP contribution >= 0.6 is 0 Å². The Morgan fingerprint density at radius 2 is 1.95 bits per heavy atom. The van der Waals surface area contributed by atoms with Crippen LogP contribution in [0, 0.1) is 5.92 Å². The molecule has 3 heterocycles. The number of carbonyl (C=O) groups is 3. The Morgan fingerprint density at radius 1 is 1.23 bits per heavy atom. The summed E-state index contributed by atoms with van der Waals surface area (Å²) in [5.74, 6) is -1.77. The van der Waals surface area contributed by atoms with Crippen LogP contribution in [0.4, 0.5) is 0 Å². The van der Waals surface area contributed by atoms with Crippen molar-refractivity contribution in [3.63, 3.8) is 0 Å². The van der Waals surface area contributed by atoms with E-state index in [-0.39, 0.29) is 30.8 Å². The van der Waals surface area contributed by atoms with Gasteiger partial charge in [-0.3, -0.25) is 19.4 Å². The number of carboxylic acids is 1. The van der Waals surface area contributed by atoms with Gasteiger partial charge in [-0.1, -0.05) is 0 Å². The number of hydrogen-bond donors (Lipinski definition) is 1. The lowest BCUT2D eigenvalue weighted by atomic mass is 10.1. The number of aromatic nitrogens is 1. The first-order valence-electron chi connectivity index (χ1n) is 7.28. The van der Waals surface area contributed by atoms with Gasteiger partial charge in [-0.15, -0.1) is 0 Å². The highest BCUT2D eigenvalue weighted by Crippen LogP contribution is 2.25. The maximum absolute atomic E-state index is 12.4. The predicted molar refractivity (Wildman–Crippen MR) is 76.0 cm³/mol. The molecule has 0 saturated carbocycles. The zero-order valence-corrected chi connectivity index (χ0v) is 12.0. The van der Waals surface area contributed by atoms with Gasteiger partial charge in [-0.25, -0.2) is 0 Å². The lowest BCUT2D eigenvalue weighted by Gasteiger charge is -2.24. The average molecular weight is 303 g/mol. The molecular weight excluding hydrogens is 286 g/mol. The van der Waals surface area contributed by atoms with Crippen molar-refractivity contribution in [1.82, 2.24) is 14.8 Å². The summed E-state index contributed by atoms with van der Waals surface area (Å²) in [4.78, 5) is 42.6. The molecule has 0 bridgehead atoms. The number of carbonyl (C=O) groups excluding carboxylic acids is 2. The summed E-state index contributed by atoms with van der Waals surface area (Å²) in [5.41, 5.74) is 0.576. The van der Waals surface area contributed by atoms with Gasteiger partial charge >= 0.3 is 5.97 Å². The molecule has 1 N–H and O–H groups in total. The molecule has 0 spiro atoms. The van der Waals surface area contributed by atoms with Crippen molar-refractivity contribution in [3.05, 3.63) is 30.1 Å². The highest BCUT2D eigenvalue weighted by Gasteiger charge is 2.40. The summed E-state index contributed by atoms with van der Waals surface area (Å²) in [6.45, 7) is 1.28. The van der Waals surface area contributed by atoms with Crippen molar-refractivity contribution < 1.29 is 19.5 Å². The Kier molecular flexibility index (Phi) is 3.79. The lowest BCUT2D eigenvalue weighted by molar-refractivity contribution is -0.141. The summed E-state index contributed by atoms with van der Waals surface area (Å²) >= 11 is 0. The smallest absolute Gasteiger partial charge is 0.308 e. The average Bonchev–Trinajstić information content (AvgIpc) is 3.14. The molecule has 2 saturated heterocycles. The first kappa shape index (κ1) is 14.5. The first-order valence-corrected chi connectivity index (χ1v) is 7.28. The third-order valence-corrected chi connectivity index (χ3v) is 4.33. The van der Waals surface area contributed by atoms with E-state index in [1.807, 2.05) is 0 Å². The van der Waals surface area contributed by atoms with Crippen molar-refractivity contribution >= 4 is 17.8 Å². The highest BCUT2D eigenvalue weighted by molar-refractivity contribution is 5.94. The van der Waals surface area contributed by atoms with Crippen LogP contribution in [0.1, 0.15) is 23.2 Å². The number of amides is 2. The van der Waals surface area contributed by atoms with E-state index in [0.29, 0.717) is 25.1 Å². The van der Waals surface area contributed by atoms with Crippen LogP contribution in [0.25, 0.3) is 0 Å². The van der Waals surface area contributed by atoms with Gasteiger partial charge < -0.3 is 14.9 Å². The van der Waals surface area contributed by atoms with E-state index < -0.39 is 11.9 Å². The summed E-state index contributed by atoms with van der Waals surface area (Å²) in [6.07, 6.45) is 3.89. The summed E-state index contributed by atoms with van der Waals surface area (Å²) in [6, 6.07) is 3.25. The Balaban J connectivity index is 1.64. The topological polar surface area (TPSA) is 90.8 Å². The van der Waals surface area contributed by atoms with Crippen LogP contribution in [0.5, 0.6) is 0 Å². The van der Waals surface area contributed by atoms with Gasteiger partial charge in [0.1, 0.15) is 0 Å². The molecule has 3 rings (SSSR count). The van der Waals surface area contributed by atoms with Crippen LogP contribution in [0.15, 0.2) is 24.5 Å². The van der Waals surface area contributed by atoms with Gasteiger partial charge in [0.2, 0.25) is 5.91 Å². The molecule has 2 fully saturated rings. The number of aliphatic carboxylic acids is 1. The minimum atomic E-state index is -0.932. The number of likely N-dealkylation sites (tertiary alicyclic amines) is 2. The van der Waals surface area contributed by atoms with E-state index in [1.54, 1.807) is 34.3 Å². The molecule has 0 aromatic carbocycles. The number of carboxylic acid groups (broad SMARTS) is 1. The van der Waals surface area contributed by atoms with Gasteiger partial charge in [0.25, 0.3) is 5.91 Å². The normalized spacial score (nSPS) is 24.8. The van der Waals surface area contributed by atoms with Crippen LogP contribution in [-0.4, -0.2) is 63.4 Å². The quantitative estimate of drug-likeness (QED) is 0.863. The van der Waals surface area contributed by atoms with Gasteiger partial charge in [-0.05, 0) is 18.6 Å². The fourth-order valence-electron chi connectivity index (χ4n) is 3.11. The van der Waals surface area contributed by atoms with E-state index in [9.17, 15) is 14.4 Å². The van der Waals surface area contributed by atoms with Crippen LogP contribution in [0.2, 0.25) is 0 Å². The molecule has 7 heteroatoms. The van der Waals surface area contributed by atoms with Crippen molar-refractivity contribution in [3.8, 4) is 0 Å². The SMILES string of the molecule is O=C(O)C1CC(=O)N(C2CCN(C(=O)c3ccncc3)C2)C1. The molecule has 2 aliphatic heterocycles. The van der Waals surface area contributed by atoms with Crippen LogP contribution in [-0.2, 0) is 9.59 Å². The molecule has 0 aliphatic carbocycles. The zero-order chi connectivity index (χ0) is 15.7. The second-order valence-electron chi connectivity index (χ2n) is 5.71.